The maximum atomic E-state index is 12.3. The van der Waals surface area contributed by atoms with Crippen LogP contribution in [0.25, 0.3) is 0 Å². The zero-order chi connectivity index (χ0) is 13.0. The predicted molar refractivity (Wildman–Crippen MR) is 71.1 cm³/mol. The topological polar surface area (TPSA) is 20.3 Å². The smallest absolute Gasteiger partial charge is 0.255 e. The summed E-state index contributed by atoms with van der Waals surface area (Å²) >= 11 is 0. The molecule has 1 aromatic rings. The normalized spacial score (nSPS) is 9.82. The average Bonchev–Trinajstić information content (AvgIpc) is 2.24. The van der Waals surface area contributed by atoms with Crippen LogP contribution in [0.1, 0.15) is 34.0 Å². The molecule has 0 aliphatic rings. The number of nitrogens with zero attached hydrogens (tertiary/aromatic N) is 1. The molecule has 0 aliphatic carbocycles. The first-order valence-corrected chi connectivity index (χ1v) is 5.81. The number of rotatable bonds is 3. The van der Waals surface area contributed by atoms with Crippen molar-refractivity contribution in [2.45, 2.75) is 27.7 Å². The summed E-state index contributed by atoms with van der Waals surface area (Å²) in [6.45, 7) is 8.91. The summed E-state index contributed by atoms with van der Waals surface area (Å²) in [6, 6.07) is 4.06. The molecule has 0 aromatic heterocycles. The molecule has 0 heterocycles. The van der Waals surface area contributed by atoms with Gasteiger partial charge in [-0.15, -0.1) is 6.42 Å². The molecule has 0 N–H and O–H groups in total. The molecule has 0 bridgehead atoms. The second-order valence-electron chi connectivity index (χ2n) is 4.30. The molecule has 0 spiro atoms. The summed E-state index contributed by atoms with van der Waals surface area (Å²) in [4.78, 5) is 14.0. The molecule has 0 atom stereocenters. The predicted octanol–water partition coefficient (Wildman–Crippen LogP) is 2.71. The third-order valence-electron chi connectivity index (χ3n) is 2.84. The van der Waals surface area contributed by atoms with Crippen molar-refractivity contribution >= 4 is 5.91 Å². The molecule has 0 fully saturated rings. The van der Waals surface area contributed by atoms with Gasteiger partial charge in [-0.1, -0.05) is 23.6 Å². The largest absolute Gasteiger partial charge is 0.328 e. The lowest BCUT2D eigenvalue weighted by Gasteiger charge is -2.20. The molecule has 2 nitrogen and oxygen atoms in total. The van der Waals surface area contributed by atoms with E-state index in [0.29, 0.717) is 13.1 Å². The van der Waals surface area contributed by atoms with Gasteiger partial charge in [-0.05, 0) is 38.8 Å². The van der Waals surface area contributed by atoms with Gasteiger partial charge < -0.3 is 4.90 Å². The minimum Gasteiger partial charge on any atom is -0.328 e. The SMILES string of the molecule is C#CCN(CC)C(=O)c1c(C)cc(C)cc1C. The Morgan fingerprint density at radius 3 is 2.24 bits per heavy atom. The number of hydrogen-bond acceptors (Lipinski definition) is 1. The van der Waals surface area contributed by atoms with Crippen molar-refractivity contribution in [3.63, 3.8) is 0 Å². The van der Waals surface area contributed by atoms with Crippen LogP contribution in [0.2, 0.25) is 0 Å². The average molecular weight is 229 g/mol. The highest BCUT2D eigenvalue weighted by molar-refractivity contribution is 5.97. The molecule has 90 valence electrons. The van der Waals surface area contributed by atoms with Crippen LogP contribution in [0.3, 0.4) is 0 Å². The van der Waals surface area contributed by atoms with Crippen LogP contribution in [0.5, 0.6) is 0 Å². The van der Waals surface area contributed by atoms with Crippen molar-refractivity contribution in [2.24, 2.45) is 0 Å². The fraction of sp³-hybridized carbons (Fsp3) is 0.400. The van der Waals surface area contributed by atoms with E-state index in [9.17, 15) is 4.79 Å². The van der Waals surface area contributed by atoms with E-state index < -0.39 is 0 Å². The summed E-state index contributed by atoms with van der Waals surface area (Å²) in [5, 5.41) is 0. The zero-order valence-corrected chi connectivity index (χ0v) is 11.0. The maximum absolute atomic E-state index is 12.3. The highest BCUT2D eigenvalue weighted by Gasteiger charge is 2.17. The van der Waals surface area contributed by atoms with Crippen molar-refractivity contribution in [2.75, 3.05) is 13.1 Å². The van der Waals surface area contributed by atoms with Gasteiger partial charge in [-0.2, -0.15) is 0 Å². The first kappa shape index (κ1) is 13.3. The molecule has 0 unspecified atom stereocenters. The lowest BCUT2D eigenvalue weighted by molar-refractivity contribution is 0.0783. The molecule has 0 aliphatic heterocycles. The Morgan fingerprint density at radius 1 is 1.29 bits per heavy atom. The summed E-state index contributed by atoms with van der Waals surface area (Å²) in [5.41, 5.74) is 4.00. The van der Waals surface area contributed by atoms with Gasteiger partial charge in [0.1, 0.15) is 0 Å². The van der Waals surface area contributed by atoms with E-state index in [1.807, 2.05) is 39.8 Å². The minimum atomic E-state index is 0.0282. The van der Waals surface area contributed by atoms with E-state index in [-0.39, 0.29) is 5.91 Å². The zero-order valence-electron chi connectivity index (χ0n) is 11.0. The number of aryl methyl sites for hydroxylation is 3. The number of hydrogen-bond donors (Lipinski definition) is 0. The molecule has 1 amide bonds. The van der Waals surface area contributed by atoms with Gasteiger partial charge in [0.25, 0.3) is 5.91 Å². The Bertz CT molecular complexity index is 445. The molecule has 1 aromatic carbocycles. The second-order valence-corrected chi connectivity index (χ2v) is 4.30. The number of carbonyl (C=O) groups excluding carboxylic acids is 1. The van der Waals surface area contributed by atoms with Crippen molar-refractivity contribution in [1.29, 1.82) is 0 Å². The summed E-state index contributed by atoms with van der Waals surface area (Å²) < 4.78 is 0. The number of carbonyl (C=O) groups is 1. The Balaban J connectivity index is 3.16. The highest BCUT2D eigenvalue weighted by Crippen LogP contribution is 2.18. The van der Waals surface area contributed by atoms with Crippen molar-refractivity contribution in [3.05, 3.63) is 34.4 Å². The first-order chi connectivity index (χ1) is 8.01. The Morgan fingerprint density at radius 2 is 1.82 bits per heavy atom. The van der Waals surface area contributed by atoms with E-state index in [4.69, 9.17) is 6.42 Å². The van der Waals surface area contributed by atoms with Crippen LogP contribution >= 0.6 is 0 Å². The van der Waals surface area contributed by atoms with Crippen LogP contribution in [0.4, 0.5) is 0 Å². The van der Waals surface area contributed by atoms with Gasteiger partial charge in [-0.3, -0.25) is 4.79 Å². The van der Waals surface area contributed by atoms with E-state index in [2.05, 4.69) is 5.92 Å². The van der Waals surface area contributed by atoms with Crippen LogP contribution in [0, 0.1) is 33.1 Å². The van der Waals surface area contributed by atoms with Gasteiger partial charge in [-0.25, -0.2) is 0 Å². The third-order valence-corrected chi connectivity index (χ3v) is 2.84. The van der Waals surface area contributed by atoms with Gasteiger partial charge in [0.15, 0.2) is 0 Å². The number of benzene rings is 1. The lowest BCUT2D eigenvalue weighted by Crippen LogP contribution is -2.32. The van der Waals surface area contributed by atoms with E-state index >= 15 is 0 Å². The standard InChI is InChI=1S/C15H19NO/c1-6-8-16(7-2)15(17)14-12(4)9-11(3)10-13(14)5/h1,9-10H,7-8H2,2-5H3. The summed E-state index contributed by atoms with van der Waals surface area (Å²) in [5.74, 6) is 2.55. The molecule has 0 radical (unpaired) electrons. The van der Waals surface area contributed by atoms with E-state index in [1.165, 1.54) is 5.56 Å². The van der Waals surface area contributed by atoms with Crippen molar-refractivity contribution in [1.82, 2.24) is 4.90 Å². The first-order valence-electron chi connectivity index (χ1n) is 5.81. The summed E-state index contributed by atoms with van der Waals surface area (Å²) in [6.07, 6.45) is 5.28. The third kappa shape index (κ3) is 2.88. The number of amides is 1. The molecule has 1 rings (SSSR count). The van der Waals surface area contributed by atoms with E-state index in [1.54, 1.807) is 4.90 Å². The van der Waals surface area contributed by atoms with E-state index in [0.717, 1.165) is 16.7 Å². The molecule has 0 saturated heterocycles. The summed E-state index contributed by atoms with van der Waals surface area (Å²) in [7, 11) is 0. The fourth-order valence-corrected chi connectivity index (χ4v) is 2.11. The fourth-order valence-electron chi connectivity index (χ4n) is 2.11. The monoisotopic (exact) mass is 229 g/mol. The Labute approximate surface area is 104 Å². The highest BCUT2D eigenvalue weighted by atomic mass is 16.2. The van der Waals surface area contributed by atoms with Gasteiger partial charge >= 0.3 is 0 Å². The Hall–Kier alpha value is -1.75. The molecule has 2 heteroatoms. The number of terminal acetylenes is 1. The maximum Gasteiger partial charge on any atom is 0.255 e. The van der Waals surface area contributed by atoms with Crippen LogP contribution in [-0.2, 0) is 0 Å². The van der Waals surface area contributed by atoms with Crippen molar-refractivity contribution < 1.29 is 4.79 Å². The molecule has 0 saturated carbocycles. The van der Waals surface area contributed by atoms with Crippen molar-refractivity contribution in [3.8, 4) is 12.3 Å². The second kappa shape index (κ2) is 5.54. The lowest BCUT2D eigenvalue weighted by atomic mass is 9.99. The molecule has 17 heavy (non-hydrogen) atoms. The van der Waals surface area contributed by atoms with Gasteiger partial charge in [0, 0.05) is 12.1 Å². The van der Waals surface area contributed by atoms with Crippen LogP contribution in [0.15, 0.2) is 12.1 Å². The van der Waals surface area contributed by atoms with Crippen LogP contribution < -0.4 is 0 Å². The van der Waals surface area contributed by atoms with Gasteiger partial charge in [0.2, 0.25) is 0 Å². The minimum absolute atomic E-state index is 0.0282. The quantitative estimate of drug-likeness (QED) is 0.730. The van der Waals surface area contributed by atoms with Gasteiger partial charge in [0.05, 0.1) is 6.54 Å². The Kier molecular flexibility index (Phi) is 4.34. The molecular formula is C15H19NO. The molecular weight excluding hydrogens is 210 g/mol. The van der Waals surface area contributed by atoms with Crippen LogP contribution in [-0.4, -0.2) is 23.9 Å².